The number of carbonyl (C=O) groups is 1. The third kappa shape index (κ3) is 11.5. The zero-order valence-electron chi connectivity index (χ0n) is 9.99. The molecule has 96 valence electrons. The molecule has 0 unspecified atom stereocenters. The molecule has 0 aliphatic rings. The van der Waals surface area contributed by atoms with Crippen LogP contribution in [-0.2, 0) is 9.53 Å². The number of esters is 1. The van der Waals surface area contributed by atoms with Crippen molar-refractivity contribution in [3.8, 4) is 0 Å². The Morgan fingerprint density at radius 3 is 2.69 bits per heavy atom. The van der Waals surface area contributed by atoms with E-state index in [1.165, 1.54) is 7.11 Å². The molecule has 0 heterocycles. The van der Waals surface area contributed by atoms with Crippen molar-refractivity contribution < 1.29 is 9.53 Å². The van der Waals surface area contributed by atoms with Gasteiger partial charge in [0.15, 0.2) is 5.96 Å². The van der Waals surface area contributed by atoms with Crippen LogP contribution in [0.4, 0.5) is 0 Å². The number of nitrogens with one attached hydrogen (secondary N) is 1. The summed E-state index contributed by atoms with van der Waals surface area (Å²) in [6, 6.07) is 0. The van der Waals surface area contributed by atoms with E-state index in [-0.39, 0.29) is 29.9 Å². The van der Waals surface area contributed by atoms with Crippen molar-refractivity contribution in [2.75, 3.05) is 20.2 Å². The van der Waals surface area contributed by atoms with Crippen LogP contribution in [0.15, 0.2) is 4.99 Å². The largest absolute Gasteiger partial charge is 0.469 e. The van der Waals surface area contributed by atoms with Gasteiger partial charge < -0.3 is 15.8 Å². The normalized spacial score (nSPS) is 10.5. The zero-order chi connectivity index (χ0) is 11.5. The first-order valence-corrected chi connectivity index (χ1v) is 5.31. The summed E-state index contributed by atoms with van der Waals surface area (Å²) in [5.41, 5.74) is 5.58. The third-order valence-electron chi connectivity index (χ3n) is 1.85. The van der Waals surface area contributed by atoms with E-state index in [1.54, 1.807) is 0 Å². The minimum atomic E-state index is -0.164. The quantitative estimate of drug-likeness (QED) is 0.240. The number of hydrogen-bond donors (Lipinski definition) is 2. The van der Waals surface area contributed by atoms with E-state index in [0.717, 1.165) is 32.4 Å². The van der Waals surface area contributed by atoms with Crippen LogP contribution in [0.3, 0.4) is 0 Å². The van der Waals surface area contributed by atoms with Crippen molar-refractivity contribution in [1.29, 1.82) is 0 Å². The molecule has 0 saturated heterocycles. The second kappa shape index (κ2) is 12.5. The highest BCUT2D eigenvalue weighted by Crippen LogP contribution is 1.95. The van der Waals surface area contributed by atoms with E-state index < -0.39 is 0 Å². The fourth-order valence-electron chi connectivity index (χ4n) is 1.00. The van der Waals surface area contributed by atoms with E-state index in [1.807, 2.05) is 6.92 Å². The van der Waals surface area contributed by atoms with Gasteiger partial charge in [0.2, 0.25) is 0 Å². The van der Waals surface area contributed by atoms with E-state index in [2.05, 4.69) is 15.0 Å². The van der Waals surface area contributed by atoms with Gasteiger partial charge in [-0.2, -0.15) is 0 Å². The fraction of sp³-hybridized carbons (Fsp3) is 0.800. The molecule has 0 atom stereocenters. The second-order valence-corrected chi connectivity index (χ2v) is 3.23. The molecule has 0 saturated carbocycles. The Balaban J connectivity index is 0. The molecule has 0 aromatic carbocycles. The molecule has 0 amide bonds. The summed E-state index contributed by atoms with van der Waals surface area (Å²) in [6.45, 7) is 3.55. The van der Waals surface area contributed by atoms with Crippen molar-refractivity contribution in [3.63, 3.8) is 0 Å². The number of carbonyl (C=O) groups excluding carboxylic acids is 1. The molecule has 0 aromatic heterocycles. The molecular formula is C10H22IN3O2. The highest BCUT2D eigenvalue weighted by atomic mass is 127. The van der Waals surface area contributed by atoms with Crippen LogP contribution in [0.1, 0.15) is 32.6 Å². The molecule has 0 aliphatic carbocycles. The van der Waals surface area contributed by atoms with Gasteiger partial charge in [0.25, 0.3) is 0 Å². The van der Waals surface area contributed by atoms with Gasteiger partial charge in [0, 0.05) is 19.5 Å². The summed E-state index contributed by atoms with van der Waals surface area (Å²) in [6.07, 6.45) is 3.15. The van der Waals surface area contributed by atoms with Crippen molar-refractivity contribution in [2.45, 2.75) is 32.6 Å². The van der Waals surface area contributed by atoms with Gasteiger partial charge in [-0.15, -0.1) is 24.0 Å². The van der Waals surface area contributed by atoms with Crippen LogP contribution >= 0.6 is 24.0 Å². The van der Waals surface area contributed by atoms with Crippen LogP contribution in [0.5, 0.6) is 0 Å². The first-order valence-electron chi connectivity index (χ1n) is 5.31. The summed E-state index contributed by atoms with van der Waals surface area (Å²) in [5, 5.41) is 2.98. The van der Waals surface area contributed by atoms with E-state index in [4.69, 9.17) is 5.73 Å². The fourth-order valence-corrected chi connectivity index (χ4v) is 1.00. The smallest absolute Gasteiger partial charge is 0.305 e. The van der Waals surface area contributed by atoms with Crippen molar-refractivity contribution >= 4 is 35.9 Å². The number of aliphatic imine (C=N–C) groups is 1. The van der Waals surface area contributed by atoms with Gasteiger partial charge in [-0.1, -0.05) is 6.92 Å². The Morgan fingerprint density at radius 2 is 2.12 bits per heavy atom. The van der Waals surface area contributed by atoms with E-state index >= 15 is 0 Å². The molecule has 0 aromatic rings. The maximum absolute atomic E-state index is 10.8. The molecule has 0 aliphatic heterocycles. The lowest BCUT2D eigenvalue weighted by molar-refractivity contribution is -0.140. The van der Waals surface area contributed by atoms with Crippen LogP contribution in [-0.4, -0.2) is 32.1 Å². The SMILES string of the molecule is CCCN=C(N)NCCCCC(=O)OC.I. The van der Waals surface area contributed by atoms with Crippen molar-refractivity contribution in [1.82, 2.24) is 5.32 Å². The number of ether oxygens (including phenoxy) is 1. The highest BCUT2D eigenvalue weighted by Gasteiger charge is 1.98. The maximum Gasteiger partial charge on any atom is 0.305 e. The molecule has 0 radical (unpaired) electrons. The molecular weight excluding hydrogens is 321 g/mol. The van der Waals surface area contributed by atoms with Crippen LogP contribution < -0.4 is 11.1 Å². The third-order valence-corrected chi connectivity index (χ3v) is 1.85. The summed E-state index contributed by atoms with van der Waals surface area (Å²) < 4.78 is 4.52. The minimum absolute atomic E-state index is 0. The number of nitrogens with zero attached hydrogens (tertiary/aromatic N) is 1. The second-order valence-electron chi connectivity index (χ2n) is 3.23. The lowest BCUT2D eigenvalue weighted by Gasteiger charge is -2.04. The highest BCUT2D eigenvalue weighted by molar-refractivity contribution is 14.0. The summed E-state index contributed by atoms with van der Waals surface area (Å²) in [7, 11) is 1.40. The first-order chi connectivity index (χ1) is 7.20. The number of methoxy groups -OCH3 is 1. The molecule has 6 heteroatoms. The molecule has 0 spiro atoms. The predicted molar refractivity (Wildman–Crippen MR) is 76.1 cm³/mol. The van der Waals surface area contributed by atoms with Gasteiger partial charge >= 0.3 is 5.97 Å². The number of guanidine groups is 1. The number of rotatable bonds is 7. The molecule has 0 fully saturated rings. The van der Waals surface area contributed by atoms with Crippen LogP contribution in [0, 0.1) is 0 Å². The average Bonchev–Trinajstić information content (AvgIpc) is 2.25. The molecule has 5 nitrogen and oxygen atoms in total. The van der Waals surface area contributed by atoms with Gasteiger partial charge in [0.05, 0.1) is 7.11 Å². The predicted octanol–water partition coefficient (Wildman–Crippen LogP) is 1.26. The maximum atomic E-state index is 10.8. The lowest BCUT2D eigenvalue weighted by atomic mass is 10.2. The Morgan fingerprint density at radius 1 is 1.44 bits per heavy atom. The van der Waals surface area contributed by atoms with Gasteiger partial charge in [0.1, 0.15) is 0 Å². The van der Waals surface area contributed by atoms with Crippen molar-refractivity contribution in [3.05, 3.63) is 0 Å². The van der Waals surface area contributed by atoms with E-state index in [9.17, 15) is 4.79 Å². The standard InChI is InChI=1S/C10H21N3O2.HI/c1-3-7-12-10(11)13-8-5-4-6-9(14)15-2;/h3-8H2,1-2H3,(H3,11,12,13);1H. The number of halogens is 1. The Labute approximate surface area is 114 Å². The lowest BCUT2D eigenvalue weighted by Crippen LogP contribution is -2.32. The average molecular weight is 343 g/mol. The topological polar surface area (TPSA) is 76.7 Å². The molecule has 16 heavy (non-hydrogen) atoms. The molecule has 0 rings (SSSR count). The van der Waals surface area contributed by atoms with Crippen molar-refractivity contribution in [2.24, 2.45) is 10.7 Å². The number of unbranched alkanes of at least 4 members (excludes halogenated alkanes) is 1. The molecule has 3 N–H and O–H groups in total. The Bertz CT molecular complexity index is 210. The monoisotopic (exact) mass is 343 g/mol. The van der Waals surface area contributed by atoms with Crippen LogP contribution in [0.2, 0.25) is 0 Å². The minimum Gasteiger partial charge on any atom is -0.469 e. The van der Waals surface area contributed by atoms with Crippen LogP contribution in [0.25, 0.3) is 0 Å². The Hall–Kier alpha value is -0.530. The first kappa shape index (κ1) is 17.9. The Kier molecular flexibility index (Phi) is 14.0. The summed E-state index contributed by atoms with van der Waals surface area (Å²) in [4.78, 5) is 14.8. The summed E-state index contributed by atoms with van der Waals surface area (Å²) >= 11 is 0. The van der Waals surface area contributed by atoms with Gasteiger partial charge in [-0.3, -0.25) is 9.79 Å². The number of hydrogen-bond acceptors (Lipinski definition) is 3. The zero-order valence-corrected chi connectivity index (χ0v) is 12.3. The summed E-state index contributed by atoms with van der Waals surface area (Å²) in [5.74, 6) is 0.317. The van der Waals surface area contributed by atoms with Gasteiger partial charge in [-0.05, 0) is 19.3 Å². The van der Waals surface area contributed by atoms with E-state index in [0.29, 0.717) is 12.4 Å². The molecule has 0 bridgehead atoms. The van der Waals surface area contributed by atoms with Gasteiger partial charge in [-0.25, -0.2) is 0 Å². The number of nitrogens with two attached hydrogens (primary N) is 1.